The number of nitro groups is 1. The summed E-state index contributed by atoms with van der Waals surface area (Å²) in [4.78, 5) is 28.6. The average Bonchev–Trinajstić information content (AvgIpc) is 2.97. The molecule has 0 aliphatic carbocycles. The van der Waals surface area contributed by atoms with Crippen LogP contribution < -0.4 is 0 Å². The Kier molecular flexibility index (Phi) is 4.96. The fourth-order valence-electron chi connectivity index (χ4n) is 3.63. The van der Waals surface area contributed by atoms with E-state index in [2.05, 4.69) is 4.90 Å². The lowest BCUT2D eigenvalue weighted by molar-refractivity contribution is -0.385. The number of aryl methyl sites for hydroxylation is 1. The normalized spacial score (nSPS) is 20.7. The summed E-state index contributed by atoms with van der Waals surface area (Å²) in [5.41, 5.74) is 0.0570. The molecular weight excluding hydrogens is 314 g/mol. The fourth-order valence-corrected chi connectivity index (χ4v) is 4.59. The highest BCUT2D eigenvalue weighted by molar-refractivity contribution is 7.14. The first-order chi connectivity index (χ1) is 11.1. The molecule has 2 aliphatic heterocycles. The van der Waals surface area contributed by atoms with Crippen LogP contribution in [0.1, 0.15) is 46.7 Å². The zero-order chi connectivity index (χ0) is 16.4. The first-order valence-electron chi connectivity index (χ1n) is 8.34. The summed E-state index contributed by atoms with van der Waals surface area (Å²) < 4.78 is 0. The highest BCUT2D eigenvalue weighted by Crippen LogP contribution is 2.30. The summed E-state index contributed by atoms with van der Waals surface area (Å²) in [6, 6.07) is 2.03. The van der Waals surface area contributed by atoms with Gasteiger partial charge in [-0.3, -0.25) is 14.9 Å². The van der Waals surface area contributed by atoms with Crippen molar-refractivity contribution >= 4 is 22.9 Å². The maximum absolute atomic E-state index is 12.6. The van der Waals surface area contributed by atoms with Crippen molar-refractivity contribution in [3.8, 4) is 0 Å². The number of piperidine rings is 2. The van der Waals surface area contributed by atoms with Crippen LogP contribution in [0.4, 0.5) is 5.69 Å². The predicted molar refractivity (Wildman–Crippen MR) is 90.1 cm³/mol. The highest BCUT2D eigenvalue weighted by atomic mass is 32.1. The Hall–Kier alpha value is -1.47. The van der Waals surface area contributed by atoms with Crippen molar-refractivity contribution in [2.24, 2.45) is 0 Å². The zero-order valence-corrected chi connectivity index (χ0v) is 14.3. The Labute approximate surface area is 140 Å². The lowest BCUT2D eigenvalue weighted by Gasteiger charge is -2.40. The third-order valence-corrected chi connectivity index (χ3v) is 5.99. The monoisotopic (exact) mass is 337 g/mol. The second-order valence-electron chi connectivity index (χ2n) is 6.43. The quantitative estimate of drug-likeness (QED) is 0.628. The van der Waals surface area contributed by atoms with Crippen LogP contribution in [0.5, 0.6) is 0 Å². The molecule has 0 aromatic carbocycles. The van der Waals surface area contributed by atoms with E-state index in [0.717, 1.165) is 25.9 Å². The van der Waals surface area contributed by atoms with Crippen LogP contribution >= 0.6 is 11.3 Å². The average molecular weight is 337 g/mol. The lowest BCUT2D eigenvalue weighted by atomic mass is 10.00. The van der Waals surface area contributed by atoms with Gasteiger partial charge in [-0.2, -0.15) is 0 Å². The van der Waals surface area contributed by atoms with Crippen molar-refractivity contribution < 1.29 is 9.72 Å². The van der Waals surface area contributed by atoms with Crippen molar-refractivity contribution in [3.63, 3.8) is 0 Å². The molecule has 0 radical (unpaired) electrons. The van der Waals surface area contributed by atoms with Crippen LogP contribution in [0.15, 0.2) is 6.07 Å². The molecule has 3 heterocycles. The molecule has 1 amide bonds. The Morgan fingerprint density at radius 2 is 1.87 bits per heavy atom. The largest absolute Gasteiger partial charge is 0.338 e. The SMILES string of the molecule is Cc1sc(C(=O)N2CCC(N3CCCCC3)CC2)cc1[N+](=O)[O-]. The zero-order valence-electron chi connectivity index (χ0n) is 13.5. The van der Waals surface area contributed by atoms with Gasteiger partial charge in [-0.05, 0) is 45.7 Å². The molecular formula is C16H23N3O3S. The van der Waals surface area contributed by atoms with Crippen LogP contribution in [0, 0.1) is 17.0 Å². The van der Waals surface area contributed by atoms with Gasteiger partial charge in [0.1, 0.15) is 0 Å². The van der Waals surface area contributed by atoms with Gasteiger partial charge in [-0.25, -0.2) is 0 Å². The van der Waals surface area contributed by atoms with Crippen LogP contribution in [-0.2, 0) is 0 Å². The van der Waals surface area contributed by atoms with Gasteiger partial charge < -0.3 is 9.80 Å². The highest BCUT2D eigenvalue weighted by Gasteiger charge is 2.29. The Morgan fingerprint density at radius 1 is 1.22 bits per heavy atom. The molecule has 0 unspecified atom stereocenters. The van der Waals surface area contributed by atoms with Gasteiger partial charge in [0.05, 0.1) is 14.7 Å². The predicted octanol–water partition coefficient (Wildman–Crippen LogP) is 3.06. The van der Waals surface area contributed by atoms with Crippen molar-refractivity contribution in [1.29, 1.82) is 0 Å². The van der Waals surface area contributed by atoms with E-state index in [1.807, 2.05) is 4.90 Å². The molecule has 7 heteroatoms. The maximum Gasteiger partial charge on any atom is 0.283 e. The van der Waals surface area contributed by atoms with E-state index in [1.54, 1.807) is 6.92 Å². The number of carbonyl (C=O) groups is 1. The molecule has 126 valence electrons. The number of hydrogen-bond acceptors (Lipinski definition) is 5. The Morgan fingerprint density at radius 3 is 2.43 bits per heavy atom. The molecule has 0 spiro atoms. The number of likely N-dealkylation sites (tertiary alicyclic amines) is 2. The number of amides is 1. The molecule has 2 aliphatic rings. The molecule has 2 fully saturated rings. The second-order valence-corrected chi connectivity index (χ2v) is 7.69. The number of rotatable bonds is 3. The van der Waals surface area contributed by atoms with Crippen molar-refractivity contribution in [2.45, 2.75) is 45.1 Å². The van der Waals surface area contributed by atoms with Gasteiger partial charge in [-0.15, -0.1) is 11.3 Å². The standard InChI is InChI=1S/C16H23N3O3S/c1-12-14(19(21)22)11-15(23-12)16(20)18-9-5-13(6-10-18)17-7-3-2-4-8-17/h11,13H,2-10H2,1H3. The molecule has 0 bridgehead atoms. The summed E-state index contributed by atoms with van der Waals surface area (Å²) in [5, 5.41) is 10.9. The minimum Gasteiger partial charge on any atom is -0.338 e. The van der Waals surface area contributed by atoms with Crippen LogP contribution in [-0.4, -0.2) is 52.9 Å². The molecule has 0 N–H and O–H groups in total. The Bertz CT molecular complexity index is 587. The van der Waals surface area contributed by atoms with Crippen LogP contribution in [0.25, 0.3) is 0 Å². The Balaban J connectivity index is 1.59. The minimum atomic E-state index is -0.412. The molecule has 0 atom stereocenters. The molecule has 23 heavy (non-hydrogen) atoms. The summed E-state index contributed by atoms with van der Waals surface area (Å²) in [6.45, 7) is 5.58. The molecule has 3 rings (SSSR count). The number of thiophene rings is 1. The van der Waals surface area contributed by atoms with Gasteiger partial charge in [-0.1, -0.05) is 6.42 Å². The summed E-state index contributed by atoms with van der Waals surface area (Å²) >= 11 is 1.23. The van der Waals surface area contributed by atoms with E-state index in [1.165, 1.54) is 49.8 Å². The lowest BCUT2D eigenvalue weighted by Crippen LogP contribution is -2.48. The summed E-state index contributed by atoms with van der Waals surface area (Å²) in [5.74, 6) is -0.0525. The van der Waals surface area contributed by atoms with Gasteiger partial charge in [0.25, 0.3) is 11.6 Å². The summed E-state index contributed by atoms with van der Waals surface area (Å²) in [6.07, 6.45) is 5.94. The van der Waals surface area contributed by atoms with Gasteiger partial charge in [0.2, 0.25) is 0 Å². The third-order valence-electron chi connectivity index (χ3n) is 4.96. The van der Waals surface area contributed by atoms with E-state index >= 15 is 0 Å². The third kappa shape index (κ3) is 3.55. The van der Waals surface area contributed by atoms with Gasteiger partial charge in [0, 0.05) is 25.2 Å². The molecule has 2 saturated heterocycles. The van der Waals surface area contributed by atoms with Crippen LogP contribution in [0.3, 0.4) is 0 Å². The van der Waals surface area contributed by atoms with Crippen LogP contribution in [0.2, 0.25) is 0 Å². The van der Waals surface area contributed by atoms with E-state index in [4.69, 9.17) is 0 Å². The van der Waals surface area contributed by atoms with E-state index < -0.39 is 4.92 Å². The number of nitrogens with zero attached hydrogens (tertiary/aromatic N) is 3. The van der Waals surface area contributed by atoms with Gasteiger partial charge in [0.15, 0.2) is 0 Å². The first-order valence-corrected chi connectivity index (χ1v) is 9.16. The first kappa shape index (κ1) is 16.4. The maximum atomic E-state index is 12.6. The molecule has 1 aromatic rings. The van der Waals surface area contributed by atoms with E-state index in [-0.39, 0.29) is 11.6 Å². The van der Waals surface area contributed by atoms with Crippen molar-refractivity contribution in [3.05, 3.63) is 25.9 Å². The van der Waals surface area contributed by atoms with E-state index in [0.29, 0.717) is 15.8 Å². The molecule has 1 aromatic heterocycles. The molecule has 6 nitrogen and oxygen atoms in total. The second kappa shape index (κ2) is 6.97. The molecule has 0 saturated carbocycles. The summed E-state index contributed by atoms with van der Waals surface area (Å²) in [7, 11) is 0. The van der Waals surface area contributed by atoms with Crippen molar-refractivity contribution in [2.75, 3.05) is 26.2 Å². The number of carbonyl (C=O) groups excluding carboxylic acids is 1. The fraction of sp³-hybridized carbons (Fsp3) is 0.688. The van der Waals surface area contributed by atoms with Gasteiger partial charge >= 0.3 is 0 Å². The van der Waals surface area contributed by atoms with Crippen molar-refractivity contribution in [1.82, 2.24) is 9.80 Å². The number of hydrogen-bond donors (Lipinski definition) is 0. The minimum absolute atomic E-state index is 0.0525. The van der Waals surface area contributed by atoms with E-state index in [9.17, 15) is 14.9 Å². The smallest absolute Gasteiger partial charge is 0.283 e. The topological polar surface area (TPSA) is 66.7 Å².